The molecular weight excluding hydrogens is 484 g/mol. The van der Waals surface area contributed by atoms with Crippen LogP contribution in [0.4, 0.5) is 11.4 Å². The molecule has 5 unspecified atom stereocenters. The van der Waals surface area contributed by atoms with E-state index in [1.54, 1.807) is 16.7 Å². The lowest BCUT2D eigenvalue weighted by atomic mass is 9.71. The summed E-state index contributed by atoms with van der Waals surface area (Å²) >= 11 is 0. The van der Waals surface area contributed by atoms with E-state index in [1.807, 2.05) is 0 Å². The van der Waals surface area contributed by atoms with Crippen molar-refractivity contribution in [3.8, 4) is 0 Å². The molecule has 0 saturated heterocycles. The van der Waals surface area contributed by atoms with Crippen molar-refractivity contribution in [1.29, 1.82) is 0 Å². The van der Waals surface area contributed by atoms with Gasteiger partial charge in [-0.05, 0) is 83.4 Å². The molecule has 196 valence electrons. The van der Waals surface area contributed by atoms with Crippen LogP contribution in [0.5, 0.6) is 0 Å². The van der Waals surface area contributed by atoms with Gasteiger partial charge in [0.25, 0.3) is 0 Å². The van der Waals surface area contributed by atoms with Crippen LogP contribution in [0.3, 0.4) is 0 Å². The minimum Gasteiger partial charge on any atom is -0.357 e. The highest BCUT2D eigenvalue weighted by Gasteiger charge is 2.53. The van der Waals surface area contributed by atoms with E-state index >= 15 is 0 Å². The molecule has 5 atom stereocenters. The second kappa shape index (κ2) is 8.73. The van der Waals surface area contributed by atoms with Crippen LogP contribution in [0.25, 0.3) is 10.8 Å². The number of benzene rings is 3. The van der Waals surface area contributed by atoms with Crippen molar-refractivity contribution in [2.45, 2.75) is 56.1 Å². The Morgan fingerprint density at radius 2 is 1.48 bits per heavy atom. The number of nitrogens with zero attached hydrogens (tertiary/aromatic N) is 2. The van der Waals surface area contributed by atoms with E-state index in [0.717, 1.165) is 19.3 Å². The molecule has 0 fully saturated rings. The Hall–Kier alpha value is -4.04. The average Bonchev–Trinajstić information content (AvgIpc) is 3.53. The molecule has 2 nitrogen and oxygen atoms in total. The summed E-state index contributed by atoms with van der Waals surface area (Å²) in [5.41, 5.74) is 10.5. The summed E-state index contributed by atoms with van der Waals surface area (Å²) in [7, 11) is 0. The van der Waals surface area contributed by atoms with Gasteiger partial charge in [-0.25, -0.2) is 0 Å². The topological polar surface area (TPSA) is 6.48 Å². The molecular formula is C38H34N2. The Bertz CT molecular complexity index is 1730. The lowest BCUT2D eigenvalue weighted by Gasteiger charge is -2.42. The maximum atomic E-state index is 2.76. The van der Waals surface area contributed by atoms with Gasteiger partial charge in [-0.1, -0.05) is 97.1 Å². The first kappa shape index (κ1) is 22.7. The van der Waals surface area contributed by atoms with Crippen molar-refractivity contribution in [3.63, 3.8) is 0 Å². The lowest BCUT2D eigenvalue weighted by molar-refractivity contribution is 0.411. The van der Waals surface area contributed by atoms with Gasteiger partial charge in [0.1, 0.15) is 0 Å². The summed E-state index contributed by atoms with van der Waals surface area (Å²) in [6.45, 7) is 0. The van der Waals surface area contributed by atoms with Gasteiger partial charge >= 0.3 is 0 Å². The second-order valence-corrected chi connectivity index (χ2v) is 12.3. The number of para-hydroxylation sites is 1. The Labute approximate surface area is 237 Å². The van der Waals surface area contributed by atoms with Crippen LogP contribution in [0.2, 0.25) is 0 Å². The van der Waals surface area contributed by atoms with Crippen molar-refractivity contribution in [1.82, 2.24) is 0 Å². The number of fused-ring (bicyclic) bond motifs is 7. The van der Waals surface area contributed by atoms with Gasteiger partial charge in [-0.15, -0.1) is 0 Å². The molecule has 0 amide bonds. The van der Waals surface area contributed by atoms with E-state index in [-0.39, 0.29) is 0 Å². The molecule has 4 aliphatic carbocycles. The van der Waals surface area contributed by atoms with Gasteiger partial charge in [-0.3, -0.25) is 0 Å². The molecule has 3 aromatic carbocycles. The average molecular weight is 519 g/mol. The molecule has 0 aromatic heterocycles. The molecule has 0 saturated carbocycles. The summed E-state index contributed by atoms with van der Waals surface area (Å²) in [6.07, 6.45) is 25.4. The van der Waals surface area contributed by atoms with Gasteiger partial charge in [0.2, 0.25) is 0 Å². The molecule has 0 spiro atoms. The maximum Gasteiger partial charge on any atom is 0.0596 e. The van der Waals surface area contributed by atoms with Crippen LogP contribution in [0, 0.1) is 5.92 Å². The minimum atomic E-state index is 0.348. The fourth-order valence-corrected chi connectivity index (χ4v) is 8.63. The number of hydrogen-bond donors (Lipinski definition) is 0. The highest BCUT2D eigenvalue weighted by molar-refractivity contribution is 5.87. The molecule has 3 aromatic rings. The first-order valence-corrected chi connectivity index (χ1v) is 15.2. The predicted molar refractivity (Wildman–Crippen MR) is 167 cm³/mol. The van der Waals surface area contributed by atoms with Crippen molar-refractivity contribution < 1.29 is 0 Å². The third-order valence-electron chi connectivity index (χ3n) is 10.3. The fourth-order valence-electron chi connectivity index (χ4n) is 8.63. The molecule has 2 aliphatic heterocycles. The zero-order valence-electron chi connectivity index (χ0n) is 22.8. The van der Waals surface area contributed by atoms with E-state index in [4.69, 9.17) is 0 Å². The first-order valence-electron chi connectivity index (χ1n) is 15.2. The van der Waals surface area contributed by atoms with Gasteiger partial charge in [0, 0.05) is 28.9 Å². The van der Waals surface area contributed by atoms with E-state index in [1.165, 1.54) is 46.2 Å². The standard InChI is InChI=1S/C38H34N2/c1-3-11-27-23-29(19-17-25(27)9-1)39-33-15-7-5-13-31(33)37-35(39)21-22-36-38(37)32-14-6-8-16-34(32)40(36)30-20-18-26-10-2-4-12-28(26)24-30/h1,3-6,8-9,11-14,16-23,30,35-38H,2,7,10,15,24H2. The molecule has 0 N–H and O–H groups in total. The number of hydrogen-bond acceptors (Lipinski definition) is 2. The molecule has 2 heteroatoms. The van der Waals surface area contributed by atoms with E-state index in [2.05, 4.69) is 125 Å². The molecule has 6 aliphatic rings. The fraction of sp³-hybridized carbons (Fsp3) is 0.263. The molecule has 0 radical (unpaired) electrons. The zero-order chi connectivity index (χ0) is 26.2. The Morgan fingerprint density at radius 3 is 2.45 bits per heavy atom. The van der Waals surface area contributed by atoms with E-state index in [0.29, 0.717) is 30.0 Å². The van der Waals surface area contributed by atoms with Crippen molar-refractivity contribution in [2.24, 2.45) is 5.92 Å². The van der Waals surface area contributed by atoms with Crippen molar-refractivity contribution >= 4 is 22.1 Å². The molecule has 40 heavy (non-hydrogen) atoms. The number of allylic oxidation sites excluding steroid dienone is 7. The van der Waals surface area contributed by atoms with Crippen LogP contribution >= 0.6 is 0 Å². The van der Waals surface area contributed by atoms with Gasteiger partial charge in [0.15, 0.2) is 0 Å². The van der Waals surface area contributed by atoms with Crippen molar-refractivity contribution in [2.75, 3.05) is 9.80 Å². The Balaban J connectivity index is 1.16. The van der Waals surface area contributed by atoms with Crippen molar-refractivity contribution in [3.05, 3.63) is 143 Å². The highest BCUT2D eigenvalue weighted by Crippen LogP contribution is 2.57. The van der Waals surface area contributed by atoms with Gasteiger partial charge < -0.3 is 9.80 Å². The quantitative estimate of drug-likeness (QED) is 0.313. The summed E-state index contributed by atoms with van der Waals surface area (Å²) in [5, 5.41) is 2.63. The lowest BCUT2D eigenvalue weighted by Crippen LogP contribution is -2.47. The summed E-state index contributed by atoms with van der Waals surface area (Å²) in [4.78, 5) is 5.46. The smallest absolute Gasteiger partial charge is 0.0596 e. The maximum absolute atomic E-state index is 2.76. The summed E-state index contributed by atoms with van der Waals surface area (Å²) in [6, 6.07) is 26.2. The molecule has 2 heterocycles. The molecule has 9 rings (SSSR count). The van der Waals surface area contributed by atoms with Gasteiger partial charge in [-0.2, -0.15) is 0 Å². The SMILES string of the molecule is C1=CC2=C(C=CC(N3c4ccccc4C4C5C6=C(CCC=C6)N(c6ccc7ccccc7c6)C5C=CC43)C2)CC1. The van der Waals surface area contributed by atoms with Crippen LogP contribution in [0.1, 0.15) is 43.6 Å². The van der Waals surface area contributed by atoms with Gasteiger partial charge in [0.05, 0.1) is 18.1 Å². The zero-order valence-corrected chi connectivity index (χ0v) is 22.8. The van der Waals surface area contributed by atoms with Crippen LogP contribution < -0.4 is 9.80 Å². The van der Waals surface area contributed by atoms with E-state index < -0.39 is 0 Å². The highest BCUT2D eigenvalue weighted by atomic mass is 15.2. The monoisotopic (exact) mass is 518 g/mol. The van der Waals surface area contributed by atoms with Crippen LogP contribution in [-0.4, -0.2) is 18.1 Å². The minimum absolute atomic E-state index is 0.348. The number of anilines is 2. The summed E-state index contributed by atoms with van der Waals surface area (Å²) in [5.74, 6) is 0.908. The second-order valence-electron chi connectivity index (χ2n) is 12.3. The Morgan fingerprint density at radius 1 is 0.650 bits per heavy atom. The summed E-state index contributed by atoms with van der Waals surface area (Å²) < 4.78 is 0. The third kappa shape index (κ3) is 3.22. The van der Waals surface area contributed by atoms with Crippen LogP contribution in [-0.2, 0) is 0 Å². The van der Waals surface area contributed by atoms with E-state index in [9.17, 15) is 0 Å². The van der Waals surface area contributed by atoms with Crippen LogP contribution in [0.15, 0.2) is 138 Å². The normalized spacial score (nSPS) is 29.6. The first-order chi connectivity index (χ1) is 19.8. The Kier molecular flexibility index (Phi) is 4.96. The third-order valence-corrected chi connectivity index (χ3v) is 10.3. The largest absolute Gasteiger partial charge is 0.357 e. The molecule has 0 bridgehead atoms. The predicted octanol–water partition coefficient (Wildman–Crippen LogP) is 8.77. The number of rotatable bonds is 2.